The Morgan fingerprint density at radius 1 is 1.16 bits per heavy atom. The second-order valence-corrected chi connectivity index (χ2v) is 4.79. The van der Waals surface area contributed by atoms with E-state index in [0.29, 0.717) is 18.7 Å². The Kier molecular flexibility index (Phi) is 4.16. The first-order valence-electron chi connectivity index (χ1n) is 6.37. The van der Waals surface area contributed by atoms with Gasteiger partial charge in [0.05, 0.1) is 12.2 Å². The van der Waals surface area contributed by atoms with Gasteiger partial charge in [0.2, 0.25) is 0 Å². The first-order valence-corrected chi connectivity index (χ1v) is 6.37. The summed E-state index contributed by atoms with van der Waals surface area (Å²) in [5, 5.41) is 2.40. The van der Waals surface area contributed by atoms with Gasteiger partial charge >= 0.3 is 6.03 Å². The van der Waals surface area contributed by atoms with Gasteiger partial charge in [0.25, 0.3) is 5.91 Å². The van der Waals surface area contributed by atoms with E-state index in [1.54, 1.807) is 29.2 Å². The molecule has 102 valence electrons. The normalized spacial score (nSPS) is 22.9. The molecular weight excluding hydrogens is 244 g/mol. The molecule has 2 atom stereocenters. The molecule has 19 heavy (non-hydrogen) atoms. The Bertz CT molecular complexity index is 451. The van der Waals surface area contributed by atoms with E-state index in [0.717, 1.165) is 0 Å². The van der Waals surface area contributed by atoms with Gasteiger partial charge in [-0.25, -0.2) is 4.79 Å². The summed E-state index contributed by atoms with van der Waals surface area (Å²) in [5.41, 5.74) is 0.477. The highest BCUT2D eigenvalue weighted by molar-refractivity contribution is 6.04. The van der Waals surface area contributed by atoms with Crippen LogP contribution in [0.2, 0.25) is 0 Å². The molecule has 1 N–H and O–H groups in total. The number of hydrogen-bond donors (Lipinski definition) is 1. The van der Waals surface area contributed by atoms with Crippen LogP contribution < -0.4 is 5.32 Å². The Morgan fingerprint density at radius 3 is 2.32 bits per heavy atom. The molecule has 1 aliphatic rings. The number of carbonyl (C=O) groups is 2. The van der Waals surface area contributed by atoms with Gasteiger partial charge < -0.3 is 9.64 Å². The molecule has 0 bridgehead atoms. The lowest BCUT2D eigenvalue weighted by Gasteiger charge is -2.35. The van der Waals surface area contributed by atoms with Gasteiger partial charge in [-0.1, -0.05) is 18.2 Å². The molecule has 1 saturated heterocycles. The third-order valence-corrected chi connectivity index (χ3v) is 2.96. The van der Waals surface area contributed by atoms with E-state index in [1.807, 2.05) is 19.9 Å². The van der Waals surface area contributed by atoms with Crippen LogP contribution >= 0.6 is 0 Å². The van der Waals surface area contributed by atoms with Crippen molar-refractivity contribution in [2.75, 3.05) is 13.1 Å². The zero-order chi connectivity index (χ0) is 13.8. The maximum absolute atomic E-state index is 12.0. The molecule has 0 radical (unpaired) electrons. The number of amides is 3. The molecule has 1 aromatic rings. The fraction of sp³-hybridized carbons (Fsp3) is 0.429. The predicted octanol–water partition coefficient (Wildman–Crippen LogP) is 1.65. The minimum absolute atomic E-state index is 0.0127. The second-order valence-electron chi connectivity index (χ2n) is 4.79. The Labute approximate surface area is 112 Å². The third kappa shape index (κ3) is 3.54. The van der Waals surface area contributed by atoms with E-state index < -0.39 is 0 Å². The monoisotopic (exact) mass is 262 g/mol. The van der Waals surface area contributed by atoms with Gasteiger partial charge in [0.15, 0.2) is 0 Å². The molecule has 0 aromatic heterocycles. The number of benzene rings is 1. The lowest BCUT2D eigenvalue weighted by molar-refractivity contribution is -0.0543. The quantitative estimate of drug-likeness (QED) is 0.837. The summed E-state index contributed by atoms with van der Waals surface area (Å²) in [5.74, 6) is -0.377. The van der Waals surface area contributed by atoms with Gasteiger partial charge in [0.1, 0.15) is 0 Å². The van der Waals surface area contributed by atoms with Crippen LogP contribution in [0, 0.1) is 0 Å². The molecule has 1 fully saturated rings. The highest BCUT2D eigenvalue weighted by Crippen LogP contribution is 2.10. The number of nitrogens with one attached hydrogen (secondary N) is 1. The van der Waals surface area contributed by atoms with Crippen LogP contribution in [0.3, 0.4) is 0 Å². The summed E-state index contributed by atoms with van der Waals surface area (Å²) < 4.78 is 5.55. The summed E-state index contributed by atoms with van der Waals surface area (Å²) in [6.07, 6.45) is -0.0253. The summed E-state index contributed by atoms with van der Waals surface area (Å²) in [6, 6.07) is 8.33. The van der Waals surface area contributed by atoms with E-state index in [-0.39, 0.29) is 24.1 Å². The number of nitrogens with zero attached hydrogens (tertiary/aromatic N) is 1. The summed E-state index contributed by atoms with van der Waals surface area (Å²) in [4.78, 5) is 25.5. The molecule has 1 aliphatic heterocycles. The molecule has 5 nitrogen and oxygen atoms in total. The van der Waals surface area contributed by atoms with Crippen LogP contribution in [0.4, 0.5) is 4.79 Å². The fourth-order valence-corrected chi connectivity index (χ4v) is 2.18. The number of morpholine rings is 1. The zero-order valence-electron chi connectivity index (χ0n) is 11.1. The third-order valence-electron chi connectivity index (χ3n) is 2.96. The number of carbonyl (C=O) groups excluding carboxylic acids is 2. The summed E-state index contributed by atoms with van der Waals surface area (Å²) in [7, 11) is 0. The minimum Gasteiger partial charge on any atom is -0.372 e. The minimum atomic E-state index is -0.377. The average molecular weight is 262 g/mol. The van der Waals surface area contributed by atoms with Crippen LogP contribution in [0.1, 0.15) is 24.2 Å². The molecular formula is C14H18N2O3. The Morgan fingerprint density at radius 2 is 1.74 bits per heavy atom. The van der Waals surface area contributed by atoms with Gasteiger partial charge in [-0.2, -0.15) is 0 Å². The molecule has 1 aromatic carbocycles. The molecule has 0 spiro atoms. The van der Waals surface area contributed by atoms with E-state index in [2.05, 4.69) is 5.32 Å². The topological polar surface area (TPSA) is 58.6 Å². The standard InChI is InChI=1S/C14H18N2O3/c1-10-8-16(9-11(2)19-10)14(18)15-13(17)12-6-4-3-5-7-12/h3-7,10-11H,8-9H2,1-2H3,(H,15,17,18)/t10-,11-/m0/s1. The molecule has 3 amide bonds. The number of ether oxygens (including phenoxy) is 1. The largest absolute Gasteiger partial charge is 0.372 e. The van der Waals surface area contributed by atoms with Gasteiger partial charge in [-0.15, -0.1) is 0 Å². The van der Waals surface area contributed by atoms with Crippen molar-refractivity contribution in [3.63, 3.8) is 0 Å². The zero-order valence-corrected chi connectivity index (χ0v) is 11.1. The Hall–Kier alpha value is -1.88. The molecule has 0 saturated carbocycles. The highest BCUT2D eigenvalue weighted by Gasteiger charge is 2.26. The first-order chi connectivity index (χ1) is 9.06. The number of imide groups is 1. The van der Waals surface area contributed by atoms with Crippen LogP contribution in [-0.4, -0.2) is 42.1 Å². The van der Waals surface area contributed by atoms with Crippen LogP contribution in [0.25, 0.3) is 0 Å². The lowest BCUT2D eigenvalue weighted by Crippen LogP contribution is -2.52. The molecule has 2 rings (SSSR count). The molecule has 5 heteroatoms. The molecule has 0 aliphatic carbocycles. The summed E-state index contributed by atoms with van der Waals surface area (Å²) >= 11 is 0. The van der Waals surface area contributed by atoms with Crippen molar-refractivity contribution in [3.8, 4) is 0 Å². The van der Waals surface area contributed by atoms with E-state index >= 15 is 0 Å². The van der Waals surface area contributed by atoms with E-state index in [1.165, 1.54) is 0 Å². The SMILES string of the molecule is C[C@H]1CN(C(=O)NC(=O)c2ccccc2)C[C@H](C)O1. The number of urea groups is 1. The van der Waals surface area contributed by atoms with Gasteiger partial charge in [-0.05, 0) is 26.0 Å². The van der Waals surface area contributed by atoms with Crippen molar-refractivity contribution < 1.29 is 14.3 Å². The molecule has 0 unspecified atom stereocenters. The average Bonchev–Trinajstić information content (AvgIpc) is 2.38. The van der Waals surface area contributed by atoms with Crippen molar-refractivity contribution in [1.82, 2.24) is 10.2 Å². The van der Waals surface area contributed by atoms with Crippen LogP contribution in [-0.2, 0) is 4.74 Å². The fourth-order valence-electron chi connectivity index (χ4n) is 2.18. The highest BCUT2D eigenvalue weighted by atomic mass is 16.5. The van der Waals surface area contributed by atoms with Gasteiger partial charge in [-0.3, -0.25) is 10.1 Å². The maximum atomic E-state index is 12.0. The predicted molar refractivity (Wildman–Crippen MR) is 70.9 cm³/mol. The van der Waals surface area contributed by atoms with Crippen LogP contribution in [0.15, 0.2) is 30.3 Å². The summed E-state index contributed by atoms with van der Waals surface area (Å²) in [6.45, 7) is 4.82. The van der Waals surface area contributed by atoms with Crippen molar-refractivity contribution in [3.05, 3.63) is 35.9 Å². The van der Waals surface area contributed by atoms with E-state index in [4.69, 9.17) is 4.74 Å². The van der Waals surface area contributed by atoms with Crippen molar-refractivity contribution >= 4 is 11.9 Å². The number of hydrogen-bond acceptors (Lipinski definition) is 3. The lowest BCUT2D eigenvalue weighted by atomic mass is 10.2. The van der Waals surface area contributed by atoms with E-state index in [9.17, 15) is 9.59 Å². The number of rotatable bonds is 1. The van der Waals surface area contributed by atoms with Crippen molar-refractivity contribution in [2.45, 2.75) is 26.1 Å². The van der Waals surface area contributed by atoms with Gasteiger partial charge in [0, 0.05) is 18.7 Å². The van der Waals surface area contributed by atoms with Crippen LogP contribution in [0.5, 0.6) is 0 Å². The first kappa shape index (κ1) is 13.5. The van der Waals surface area contributed by atoms with Crippen molar-refractivity contribution in [2.24, 2.45) is 0 Å². The van der Waals surface area contributed by atoms with Crippen molar-refractivity contribution in [1.29, 1.82) is 0 Å². The second kappa shape index (κ2) is 5.84. The smallest absolute Gasteiger partial charge is 0.324 e. The Balaban J connectivity index is 1.96. The maximum Gasteiger partial charge on any atom is 0.324 e. The molecule has 1 heterocycles.